The minimum absolute atomic E-state index is 0.406. The van der Waals surface area contributed by atoms with Crippen molar-refractivity contribution in [2.75, 3.05) is 25.6 Å². The highest BCUT2D eigenvalue weighted by Crippen LogP contribution is 2.48. The van der Waals surface area contributed by atoms with Crippen molar-refractivity contribution in [3.63, 3.8) is 0 Å². The summed E-state index contributed by atoms with van der Waals surface area (Å²) in [6, 6.07) is 0. The molecule has 84 valence electrons. The van der Waals surface area contributed by atoms with Crippen molar-refractivity contribution in [1.29, 1.82) is 0 Å². The maximum atomic E-state index is 5.84. The fourth-order valence-corrected chi connectivity index (χ4v) is 2.25. The van der Waals surface area contributed by atoms with Crippen LogP contribution in [0.3, 0.4) is 0 Å². The van der Waals surface area contributed by atoms with Crippen LogP contribution in [0.15, 0.2) is 0 Å². The molecule has 1 aromatic heterocycles. The van der Waals surface area contributed by atoms with Crippen molar-refractivity contribution in [2.45, 2.75) is 19.3 Å². The summed E-state index contributed by atoms with van der Waals surface area (Å²) < 4.78 is 13.1. The van der Waals surface area contributed by atoms with E-state index in [9.17, 15) is 0 Å². The van der Waals surface area contributed by atoms with Gasteiger partial charge < -0.3 is 10.1 Å². The molecule has 0 aromatic carbocycles. The smallest absolute Gasteiger partial charge is 0.186 e. The minimum atomic E-state index is 0.406. The number of ether oxygens (including phenoxy) is 1. The lowest BCUT2D eigenvalue weighted by Crippen LogP contribution is -2.17. The molecular weight excluding hydrogens is 234 g/mol. The molecule has 4 nitrogen and oxygen atoms in total. The van der Waals surface area contributed by atoms with E-state index in [-0.39, 0.29) is 0 Å². The Labute approximate surface area is 98.3 Å². The van der Waals surface area contributed by atoms with Gasteiger partial charge >= 0.3 is 0 Å². The monoisotopic (exact) mass is 247 g/mol. The molecule has 15 heavy (non-hydrogen) atoms. The molecule has 1 heterocycles. The normalized spacial score (nSPS) is 17.7. The molecule has 0 bridgehead atoms. The molecule has 1 aromatic rings. The highest BCUT2D eigenvalue weighted by atomic mass is 35.5. The largest absolute Gasteiger partial charge is 0.385 e. The maximum Gasteiger partial charge on any atom is 0.186 e. The Balaban J connectivity index is 1.80. The van der Waals surface area contributed by atoms with Gasteiger partial charge in [0.25, 0.3) is 0 Å². The minimum Gasteiger partial charge on any atom is -0.385 e. The van der Waals surface area contributed by atoms with E-state index in [1.165, 1.54) is 12.8 Å². The molecule has 1 aliphatic carbocycles. The van der Waals surface area contributed by atoms with Gasteiger partial charge in [-0.25, -0.2) is 0 Å². The Hall–Kier alpha value is -0.390. The molecule has 6 heteroatoms. The average Bonchev–Trinajstić information content (AvgIpc) is 2.90. The summed E-state index contributed by atoms with van der Waals surface area (Å²) in [7, 11) is 1.74. The standard InChI is InChI=1S/C9H14ClN3OS/c1-14-5-4-9(2-3-9)6-11-8-7(10)12-15-13-8/h2-6H2,1H3,(H,11,13). The zero-order valence-electron chi connectivity index (χ0n) is 8.62. The van der Waals surface area contributed by atoms with Crippen molar-refractivity contribution in [2.24, 2.45) is 5.41 Å². The zero-order valence-corrected chi connectivity index (χ0v) is 10.2. The number of methoxy groups -OCH3 is 1. The second-order valence-electron chi connectivity index (χ2n) is 4.00. The Morgan fingerprint density at radius 3 is 2.87 bits per heavy atom. The fourth-order valence-electron chi connectivity index (χ4n) is 1.56. The Bertz CT molecular complexity index is 327. The van der Waals surface area contributed by atoms with E-state index in [0.29, 0.717) is 16.4 Å². The number of anilines is 1. The van der Waals surface area contributed by atoms with Gasteiger partial charge in [0.05, 0.1) is 11.7 Å². The van der Waals surface area contributed by atoms with Crippen LogP contribution in [0.5, 0.6) is 0 Å². The van der Waals surface area contributed by atoms with E-state index in [4.69, 9.17) is 16.3 Å². The molecule has 1 saturated carbocycles. The van der Waals surface area contributed by atoms with Gasteiger partial charge in [-0.2, -0.15) is 8.75 Å². The van der Waals surface area contributed by atoms with Crippen LogP contribution in [0.25, 0.3) is 0 Å². The van der Waals surface area contributed by atoms with Crippen molar-refractivity contribution in [1.82, 2.24) is 8.75 Å². The highest BCUT2D eigenvalue weighted by molar-refractivity contribution is 6.99. The quantitative estimate of drug-likeness (QED) is 0.839. The van der Waals surface area contributed by atoms with E-state index < -0.39 is 0 Å². The third-order valence-electron chi connectivity index (χ3n) is 2.87. The summed E-state index contributed by atoms with van der Waals surface area (Å²) >= 11 is 6.98. The summed E-state index contributed by atoms with van der Waals surface area (Å²) in [5.41, 5.74) is 0.406. The van der Waals surface area contributed by atoms with Gasteiger partial charge in [-0.1, -0.05) is 11.6 Å². The van der Waals surface area contributed by atoms with E-state index in [1.807, 2.05) is 0 Å². The van der Waals surface area contributed by atoms with Gasteiger partial charge in [0.1, 0.15) is 0 Å². The molecule has 2 rings (SSSR count). The van der Waals surface area contributed by atoms with Crippen LogP contribution in [0.2, 0.25) is 5.15 Å². The number of hydrogen-bond acceptors (Lipinski definition) is 5. The van der Waals surface area contributed by atoms with Gasteiger partial charge in [-0.05, 0) is 24.7 Å². The lowest BCUT2D eigenvalue weighted by molar-refractivity contribution is 0.175. The molecule has 0 amide bonds. The molecule has 0 atom stereocenters. The molecule has 0 radical (unpaired) electrons. The van der Waals surface area contributed by atoms with Crippen LogP contribution in [-0.4, -0.2) is 29.0 Å². The zero-order chi connectivity index (χ0) is 10.7. The Kier molecular flexibility index (Phi) is 3.43. The van der Waals surface area contributed by atoms with Crippen LogP contribution in [0.1, 0.15) is 19.3 Å². The van der Waals surface area contributed by atoms with Crippen LogP contribution in [0.4, 0.5) is 5.82 Å². The van der Waals surface area contributed by atoms with Crippen molar-refractivity contribution < 1.29 is 4.74 Å². The van der Waals surface area contributed by atoms with Gasteiger partial charge in [0, 0.05) is 20.3 Å². The van der Waals surface area contributed by atoms with Gasteiger partial charge in [-0.15, -0.1) is 0 Å². The molecule has 0 aliphatic heterocycles. The number of rotatable bonds is 6. The number of nitrogens with zero attached hydrogens (tertiary/aromatic N) is 2. The Morgan fingerprint density at radius 2 is 2.33 bits per heavy atom. The predicted octanol–water partition coefficient (Wildman–Crippen LogP) is 2.42. The molecule has 1 N–H and O–H groups in total. The summed E-state index contributed by atoms with van der Waals surface area (Å²) in [4.78, 5) is 0. The molecule has 0 saturated heterocycles. The van der Waals surface area contributed by atoms with Crippen LogP contribution >= 0.6 is 23.3 Å². The molecule has 1 aliphatic rings. The summed E-state index contributed by atoms with van der Waals surface area (Å²) in [6.07, 6.45) is 3.63. The van der Waals surface area contributed by atoms with Crippen LogP contribution < -0.4 is 5.32 Å². The molecule has 0 spiro atoms. The SMILES string of the molecule is COCCC1(CNc2nsnc2Cl)CC1. The van der Waals surface area contributed by atoms with E-state index in [2.05, 4.69) is 14.1 Å². The fraction of sp³-hybridized carbons (Fsp3) is 0.778. The van der Waals surface area contributed by atoms with Crippen molar-refractivity contribution >= 4 is 29.1 Å². The number of halogens is 1. The third kappa shape index (κ3) is 2.80. The molecule has 1 fully saturated rings. The predicted molar refractivity (Wildman–Crippen MR) is 61.6 cm³/mol. The first-order valence-corrected chi connectivity index (χ1v) is 6.07. The summed E-state index contributed by atoms with van der Waals surface area (Å²) in [5.74, 6) is 0.713. The topological polar surface area (TPSA) is 47.0 Å². The lowest BCUT2D eigenvalue weighted by Gasteiger charge is -2.14. The van der Waals surface area contributed by atoms with E-state index in [1.54, 1.807) is 7.11 Å². The van der Waals surface area contributed by atoms with Gasteiger partial charge in [0.2, 0.25) is 0 Å². The van der Waals surface area contributed by atoms with Gasteiger partial charge in [-0.3, -0.25) is 0 Å². The van der Waals surface area contributed by atoms with Gasteiger partial charge in [0.15, 0.2) is 11.0 Å². The summed E-state index contributed by atoms with van der Waals surface area (Å²) in [5, 5.41) is 3.73. The second kappa shape index (κ2) is 4.63. The molecule has 0 unspecified atom stereocenters. The highest BCUT2D eigenvalue weighted by Gasteiger charge is 2.41. The number of aromatic nitrogens is 2. The average molecular weight is 248 g/mol. The van der Waals surface area contributed by atoms with Crippen molar-refractivity contribution in [3.8, 4) is 0 Å². The summed E-state index contributed by atoms with van der Waals surface area (Å²) in [6.45, 7) is 1.74. The first kappa shape index (κ1) is 11.1. The number of hydrogen-bond donors (Lipinski definition) is 1. The maximum absolute atomic E-state index is 5.84. The number of nitrogens with one attached hydrogen (secondary N) is 1. The van der Waals surface area contributed by atoms with Crippen molar-refractivity contribution in [3.05, 3.63) is 5.15 Å². The van der Waals surface area contributed by atoms with Crippen LogP contribution in [-0.2, 0) is 4.74 Å². The van der Waals surface area contributed by atoms with Crippen LogP contribution in [0, 0.1) is 5.41 Å². The molecular formula is C9H14ClN3OS. The van der Waals surface area contributed by atoms with E-state index in [0.717, 1.165) is 31.3 Å². The lowest BCUT2D eigenvalue weighted by atomic mass is 10.0. The first-order chi connectivity index (χ1) is 7.26. The van der Waals surface area contributed by atoms with E-state index >= 15 is 0 Å². The Morgan fingerprint density at radius 1 is 1.53 bits per heavy atom. The first-order valence-electron chi connectivity index (χ1n) is 4.97. The third-order valence-corrected chi connectivity index (χ3v) is 3.77. The second-order valence-corrected chi connectivity index (χ2v) is 4.89.